The predicted octanol–water partition coefficient (Wildman–Crippen LogP) is 3.49. The first kappa shape index (κ1) is 21.1. The van der Waals surface area contributed by atoms with Crippen LogP contribution in [0.5, 0.6) is 5.75 Å². The second-order valence-corrected chi connectivity index (χ2v) is 6.46. The van der Waals surface area contributed by atoms with Gasteiger partial charge in [0.15, 0.2) is 5.78 Å². The number of rotatable bonds is 9. The number of unbranched alkanes of at least 4 members (excludes halogenated alkanes) is 1. The van der Waals surface area contributed by atoms with E-state index in [4.69, 9.17) is 14.3 Å². The third-order valence-electron chi connectivity index (χ3n) is 4.34. The molecule has 0 fully saturated rings. The Morgan fingerprint density at radius 2 is 1.71 bits per heavy atom. The zero-order chi connectivity index (χ0) is 20.7. The van der Waals surface area contributed by atoms with Crippen LogP contribution in [0.1, 0.15) is 60.2 Å². The van der Waals surface area contributed by atoms with Crippen LogP contribution < -0.4 is 10.2 Å². The Hall–Kier alpha value is -3.22. The molecule has 1 unspecified atom stereocenters. The molecule has 2 rings (SSSR count). The van der Waals surface area contributed by atoms with E-state index < -0.39 is 23.3 Å². The molecule has 0 saturated carbocycles. The molecule has 0 aliphatic heterocycles. The minimum Gasteiger partial charge on any atom is -0.481 e. The Labute approximate surface area is 161 Å². The summed E-state index contributed by atoms with van der Waals surface area (Å²) >= 11 is 0. The van der Waals surface area contributed by atoms with E-state index in [1.165, 1.54) is 19.3 Å². The van der Waals surface area contributed by atoms with Crippen molar-refractivity contribution in [2.75, 3.05) is 0 Å². The Morgan fingerprint density at radius 1 is 1.07 bits per heavy atom. The second kappa shape index (κ2) is 9.64. The summed E-state index contributed by atoms with van der Waals surface area (Å²) in [6, 6.07) is 7.76. The van der Waals surface area contributed by atoms with Crippen LogP contribution in [0, 0.1) is 6.92 Å². The highest BCUT2D eigenvalue weighted by Crippen LogP contribution is 2.21. The molecule has 1 atom stereocenters. The van der Waals surface area contributed by atoms with Crippen LogP contribution >= 0.6 is 0 Å². The number of esters is 1. The lowest BCUT2D eigenvalue weighted by Crippen LogP contribution is -2.20. The molecule has 0 radical (unpaired) electrons. The molecule has 28 heavy (non-hydrogen) atoms. The molecular formula is C21H22O7. The van der Waals surface area contributed by atoms with Gasteiger partial charge in [-0.05, 0) is 32.3 Å². The van der Waals surface area contributed by atoms with E-state index in [-0.39, 0.29) is 30.1 Å². The van der Waals surface area contributed by atoms with Crippen molar-refractivity contribution in [2.24, 2.45) is 0 Å². The van der Waals surface area contributed by atoms with Crippen molar-refractivity contribution in [2.45, 2.75) is 45.4 Å². The molecule has 7 nitrogen and oxygen atoms in total. The van der Waals surface area contributed by atoms with E-state index in [0.29, 0.717) is 24.0 Å². The molecule has 0 spiro atoms. The molecule has 1 N–H and O–H groups in total. The zero-order valence-electron chi connectivity index (χ0n) is 15.8. The average molecular weight is 386 g/mol. The van der Waals surface area contributed by atoms with E-state index in [9.17, 15) is 19.2 Å². The predicted molar refractivity (Wildman–Crippen MR) is 101 cm³/mol. The van der Waals surface area contributed by atoms with Gasteiger partial charge in [-0.3, -0.25) is 19.2 Å². The third-order valence-corrected chi connectivity index (χ3v) is 4.34. The molecule has 0 aliphatic rings. The number of Topliss-reactive ketones (excluding diaryl/α,β-unsaturated/α-hetero) is 1. The molecule has 1 aromatic heterocycles. The normalized spacial score (nSPS) is 11.6. The van der Waals surface area contributed by atoms with Gasteiger partial charge in [0.05, 0.1) is 12.2 Å². The van der Waals surface area contributed by atoms with Gasteiger partial charge < -0.3 is 14.3 Å². The number of carboxylic acids is 1. The first-order valence-electron chi connectivity index (χ1n) is 8.94. The number of ketones is 1. The summed E-state index contributed by atoms with van der Waals surface area (Å²) in [6.45, 7) is 3.18. The third kappa shape index (κ3) is 5.64. The number of carbonyl (C=O) groups is 3. The van der Waals surface area contributed by atoms with E-state index in [0.717, 1.165) is 0 Å². The van der Waals surface area contributed by atoms with Gasteiger partial charge in [0.1, 0.15) is 5.76 Å². The van der Waals surface area contributed by atoms with Crippen molar-refractivity contribution in [3.8, 4) is 5.75 Å². The number of aliphatic carboxylic acids is 1. The van der Waals surface area contributed by atoms with Crippen molar-refractivity contribution >= 4 is 17.7 Å². The quantitative estimate of drug-likeness (QED) is 0.399. The lowest BCUT2D eigenvalue weighted by Gasteiger charge is -2.12. The molecule has 0 bridgehead atoms. The Morgan fingerprint density at radius 3 is 2.32 bits per heavy atom. The number of hydrogen-bond donors (Lipinski definition) is 1. The maximum Gasteiger partial charge on any atom is 0.318 e. The minimum absolute atomic E-state index is 0.0467. The van der Waals surface area contributed by atoms with Crippen LogP contribution in [0.25, 0.3) is 0 Å². The molecule has 0 amide bonds. The van der Waals surface area contributed by atoms with E-state index in [1.54, 1.807) is 31.2 Å². The molecule has 2 aromatic rings. The highest BCUT2D eigenvalue weighted by atomic mass is 16.5. The SMILES string of the molecule is Cc1occc(=O)c1OC(=O)C(C)c1ccc(C(=O)CCCCC(=O)O)cc1. The first-order valence-corrected chi connectivity index (χ1v) is 8.94. The van der Waals surface area contributed by atoms with Crippen LogP contribution in [0.4, 0.5) is 0 Å². The van der Waals surface area contributed by atoms with Gasteiger partial charge in [-0.15, -0.1) is 0 Å². The molecular weight excluding hydrogens is 364 g/mol. The highest BCUT2D eigenvalue weighted by molar-refractivity contribution is 5.96. The molecule has 7 heteroatoms. The Kier molecular flexibility index (Phi) is 7.26. The topological polar surface area (TPSA) is 111 Å². The van der Waals surface area contributed by atoms with Crippen LogP contribution in [0.3, 0.4) is 0 Å². The van der Waals surface area contributed by atoms with Crippen LogP contribution in [-0.2, 0) is 9.59 Å². The number of ether oxygens (including phenoxy) is 1. The number of hydrogen-bond acceptors (Lipinski definition) is 6. The summed E-state index contributed by atoms with van der Waals surface area (Å²) in [4.78, 5) is 46.8. The Balaban J connectivity index is 1.98. The number of aryl methyl sites for hydroxylation is 1. The lowest BCUT2D eigenvalue weighted by atomic mass is 9.97. The number of carbonyl (C=O) groups excluding carboxylic acids is 2. The van der Waals surface area contributed by atoms with E-state index >= 15 is 0 Å². The van der Waals surface area contributed by atoms with Crippen molar-refractivity contribution in [3.05, 3.63) is 63.7 Å². The number of carboxylic acid groups (broad SMARTS) is 1. The summed E-state index contributed by atoms with van der Waals surface area (Å²) in [5, 5.41) is 8.60. The van der Waals surface area contributed by atoms with Crippen LogP contribution in [-0.4, -0.2) is 22.8 Å². The largest absolute Gasteiger partial charge is 0.481 e. The second-order valence-electron chi connectivity index (χ2n) is 6.46. The molecule has 1 heterocycles. The zero-order valence-corrected chi connectivity index (χ0v) is 15.8. The average Bonchev–Trinajstić information content (AvgIpc) is 2.67. The Bertz CT molecular complexity index is 909. The smallest absolute Gasteiger partial charge is 0.318 e. The molecule has 148 valence electrons. The monoisotopic (exact) mass is 386 g/mol. The van der Waals surface area contributed by atoms with E-state index in [2.05, 4.69) is 0 Å². The minimum atomic E-state index is -0.874. The van der Waals surface area contributed by atoms with Crippen molar-refractivity contribution in [1.29, 1.82) is 0 Å². The van der Waals surface area contributed by atoms with Crippen molar-refractivity contribution in [3.63, 3.8) is 0 Å². The fraction of sp³-hybridized carbons (Fsp3) is 0.333. The maximum atomic E-state index is 12.3. The van der Waals surface area contributed by atoms with Crippen LogP contribution in [0.15, 0.2) is 45.8 Å². The standard InChI is InChI=1S/C21H22O7/c1-13(21(26)28-20-14(2)27-12-11-18(20)23)15-7-9-16(10-8-15)17(22)5-3-4-6-19(24)25/h7-13H,3-6H2,1-2H3,(H,24,25). The van der Waals surface area contributed by atoms with Gasteiger partial charge >= 0.3 is 11.9 Å². The van der Waals surface area contributed by atoms with E-state index in [1.807, 2.05) is 0 Å². The maximum absolute atomic E-state index is 12.3. The van der Waals surface area contributed by atoms with Gasteiger partial charge in [0.25, 0.3) is 0 Å². The molecule has 0 aliphatic carbocycles. The van der Waals surface area contributed by atoms with Gasteiger partial charge in [-0.1, -0.05) is 24.3 Å². The lowest BCUT2D eigenvalue weighted by molar-refractivity contribution is -0.137. The number of benzene rings is 1. The van der Waals surface area contributed by atoms with Gasteiger partial charge in [0.2, 0.25) is 11.2 Å². The van der Waals surface area contributed by atoms with Gasteiger partial charge in [-0.25, -0.2) is 0 Å². The summed E-state index contributed by atoms with van der Waals surface area (Å²) in [6.07, 6.45) is 2.51. The first-order chi connectivity index (χ1) is 13.3. The fourth-order valence-corrected chi connectivity index (χ4v) is 2.61. The fourth-order valence-electron chi connectivity index (χ4n) is 2.61. The highest BCUT2D eigenvalue weighted by Gasteiger charge is 2.21. The van der Waals surface area contributed by atoms with Crippen molar-refractivity contribution in [1.82, 2.24) is 0 Å². The molecule has 1 aromatic carbocycles. The van der Waals surface area contributed by atoms with Crippen LogP contribution in [0.2, 0.25) is 0 Å². The summed E-state index contributed by atoms with van der Waals surface area (Å²) < 4.78 is 10.3. The summed E-state index contributed by atoms with van der Waals surface area (Å²) in [5.41, 5.74) is 0.706. The van der Waals surface area contributed by atoms with Gasteiger partial charge in [-0.2, -0.15) is 0 Å². The van der Waals surface area contributed by atoms with Gasteiger partial charge in [0, 0.05) is 24.5 Å². The summed E-state index contributed by atoms with van der Waals surface area (Å²) in [5.74, 6) is -2.11. The summed E-state index contributed by atoms with van der Waals surface area (Å²) in [7, 11) is 0. The molecule has 0 saturated heterocycles. The van der Waals surface area contributed by atoms with Crippen molar-refractivity contribution < 1.29 is 28.6 Å².